The fourth-order valence-corrected chi connectivity index (χ4v) is 9.52. The minimum Gasteiger partial charge on any atom is -0.331 e. The van der Waals surface area contributed by atoms with Crippen molar-refractivity contribution >= 4 is 25.9 Å². The van der Waals surface area contributed by atoms with Crippen molar-refractivity contribution in [2.24, 2.45) is 4.74 Å². The highest BCUT2D eigenvalue weighted by atomic mass is 32.7. The van der Waals surface area contributed by atoms with Crippen molar-refractivity contribution in [2.45, 2.75) is 75.5 Å². The Morgan fingerprint density at radius 2 is 1.43 bits per heavy atom. The molecule has 0 aromatic carbocycles. The van der Waals surface area contributed by atoms with Crippen molar-refractivity contribution in [1.82, 2.24) is 0 Å². The van der Waals surface area contributed by atoms with E-state index in [-0.39, 0.29) is 11.3 Å². The molecular formula is C12H25NO5P2S. The molecule has 2 rings (SSSR count). The molecule has 0 aromatic rings. The maximum Gasteiger partial charge on any atom is 0.476 e. The van der Waals surface area contributed by atoms with E-state index >= 15 is 0 Å². The van der Waals surface area contributed by atoms with Gasteiger partial charge in [0.05, 0.1) is 6.04 Å². The summed E-state index contributed by atoms with van der Waals surface area (Å²) >= 11 is 1.17. The standard InChI is InChI=1S/C12H25NO5P2S/c14-19(18-20(15,16)17,13-11-7-3-1-4-8-11)21-12-9-5-2-6-10-12/h11-12,14H,1-10H2,(H2,15,16,17). The van der Waals surface area contributed by atoms with Crippen LogP contribution in [0.5, 0.6) is 0 Å². The van der Waals surface area contributed by atoms with Crippen LogP contribution in [-0.4, -0.2) is 26.0 Å². The van der Waals surface area contributed by atoms with Crippen LogP contribution in [-0.2, 0) is 8.88 Å². The highest BCUT2D eigenvalue weighted by Gasteiger charge is 2.34. The lowest BCUT2D eigenvalue weighted by molar-refractivity contribution is 0.282. The number of rotatable bonds is 5. The van der Waals surface area contributed by atoms with E-state index in [2.05, 4.69) is 4.74 Å². The Kier molecular flexibility index (Phi) is 6.82. The molecule has 124 valence electrons. The summed E-state index contributed by atoms with van der Waals surface area (Å²) in [4.78, 5) is 28.8. The second kappa shape index (κ2) is 7.96. The van der Waals surface area contributed by atoms with E-state index in [1.54, 1.807) is 0 Å². The summed E-state index contributed by atoms with van der Waals surface area (Å²) in [5.41, 5.74) is 0. The van der Waals surface area contributed by atoms with Crippen LogP contribution in [0, 0.1) is 0 Å². The van der Waals surface area contributed by atoms with E-state index < -0.39 is 14.5 Å². The van der Waals surface area contributed by atoms with Gasteiger partial charge in [-0.1, -0.05) is 49.9 Å². The van der Waals surface area contributed by atoms with Gasteiger partial charge in [-0.25, -0.2) is 13.6 Å². The van der Waals surface area contributed by atoms with Crippen molar-refractivity contribution < 1.29 is 23.6 Å². The Morgan fingerprint density at radius 3 is 1.95 bits per heavy atom. The molecule has 0 aromatic heterocycles. The second-order valence-corrected chi connectivity index (χ2v) is 11.6. The van der Waals surface area contributed by atoms with Gasteiger partial charge in [-0.15, -0.1) is 0 Å². The molecule has 0 radical (unpaired) electrons. The molecule has 1 unspecified atom stereocenters. The van der Waals surface area contributed by atoms with Gasteiger partial charge >= 0.3 is 7.82 Å². The monoisotopic (exact) mass is 357 g/mol. The number of hydrogen-bond donors (Lipinski definition) is 3. The van der Waals surface area contributed by atoms with E-state index in [4.69, 9.17) is 14.1 Å². The molecule has 2 aliphatic carbocycles. The van der Waals surface area contributed by atoms with Crippen LogP contribution in [0.1, 0.15) is 64.2 Å². The lowest BCUT2D eigenvalue weighted by Crippen LogP contribution is -2.11. The molecule has 0 heterocycles. The molecule has 2 saturated carbocycles. The molecule has 9 heteroatoms. The Labute approximate surface area is 130 Å². The molecular weight excluding hydrogens is 332 g/mol. The summed E-state index contributed by atoms with van der Waals surface area (Å²) in [7, 11) is -4.74. The van der Waals surface area contributed by atoms with Gasteiger partial charge in [0.1, 0.15) is 0 Å². The lowest BCUT2D eigenvalue weighted by Gasteiger charge is -2.28. The molecule has 6 nitrogen and oxygen atoms in total. The zero-order valence-electron chi connectivity index (χ0n) is 12.1. The van der Waals surface area contributed by atoms with Crippen molar-refractivity contribution in [3.8, 4) is 0 Å². The predicted molar refractivity (Wildman–Crippen MR) is 86.0 cm³/mol. The Balaban J connectivity index is 2.11. The molecule has 0 saturated heterocycles. The highest BCUT2D eigenvalue weighted by molar-refractivity contribution is 8.56. The summed E-state index contributed by atoms with van der Waals surface area (Å²) in [6.07, 6.45) is 10.3. The van der Waals surface area contributed by atoms with Crippen molar-refractivity contribution in [3.05, 3.63) is 0 Å². The van der Waals surface area contributed by atoms with Gasteiger partial charge < -0.3 is 14.7 Å². The van der Waals surface area contributed by atoms with E-state index in [1.807, 2.05) is 0 Å². The molecule has 1 atom stereocenters. The molecule has 0 spiro atoms. The third-order valence-corrected chi connectivity index (χ3v) is 9.90. The van der Waals surface area contributed by atoms with Gasteiger partial charge in [-0.3, -0.25) is 0 Å². The van der Waals surface area contributed by atoms with E-state index in [1.165, 1.54) is 17.8 Å². The third-order valence-electron chi connectivity index (χ3n) is 3.94. The fraction of sp³-hybridized carbons (Fsp3) is 1.00. The quantitative estimate of drug-likeness (QED) is 0.629. The Hall–Kier alpha value is 0.650. The largest absolute Gasteiger partial charge is 0.476 e. The average Bonchev–Trinajstić information content (AvgIpc) is 2.38. The van der Waals surface area contributed by atoms with E-state index in [0.29, 0.717) is 0 Å². The lowest BCUT2D eigenvalue weighted by atomic mass is 9.97. The number of phosphoric acid groups is 1. The van der Waals surface area contributed by atoms with Crippen LogP contribution in [0.2, 0.25) is 0 Å². The summed E-state index contributed by atoms with van der Waals surface area (Å²) in [6, 6.07) is -0.0280. The topological polar surface area (TPSA) is 99.4 Å². The Morgan fingerprint density at radius 1 is 0.905 bits per heavy atom. The number of hydrogen-bond acceptors (Lipinski definition) is 4. The predicted octanol–water partition coefficient (Wildman–Crippen LogP) is 4.43. The van der Waals surface area contributed by atoms with Gasteiger partial charge in [0, 0.05) is 5.25 Å². The van der Waals surface area contributed by atoms with E-state index in [9.17, 15) is 9.46 Å². The first-order valence-corrected chi connectivity index (χ1v) is 12.3. The summed E-state index contributed by atoms with van der Waals surface area (Å²) in [5, 5.41) is 0.191. The number of nitrogens with zero attached hydrogens (tertiary/aromatic N) is 1. The van der Waals surface area contributed by atoms with E-state index in [0.717, 1.165) is 57.8 Å². The minimum atomic E-state index is -4.74. The highest BCUT2D eigenvalue weighted by Crippen LogP contribution is 2.70. The van der Waals surface area contributed by atoms with Crippen LogP contribution in [0.15, 0.2) is 4.74 Å². The maximum absolute atomic E-state index is 11.2. The summed E-state index contributed by atoms with van der Waals surface area (Å²) in [6.45, 7) is -3.45. The Bertz CT molecular complexity index is 429. The molecule has 21 heavy (non-hydrogen) atoms. The van der Waals surface area contributed by atoms with Gasteiger partial charge in [-0.05, 0) is 25.7 Å². The SMILES string of the molecule is O=P(O)(O)OP(O)(=NC1CCCCC1)SC1CCCCC1. The summed E-state index contributed by atoms with van der Waals surface area (Å²) in [5.74, 6) is 0. The van der Waals surface area contributed by atoms with Gasteiger partial charge in [0.15, 0.2) is 0 Å². The van der Waals surface area contributed by atoms with Crippen LogP contribution in [0.25, 0.3) is 0 Å². The van der Waals surface area contributed by atoms with Gasteiger partial charge in [0.2, 0.25) is 0 Å². The molecule has 2 aliphatic rings. The first-order chi connectivity index (χ1) is 9.86. The smallest absolute Gasteiger partial charge is 0.331 e. The van der Waals surface area contributed by atoms with Crippen LogP contribution in [0.4, 0.5) is 0 Å². The molecule has 0 aliphatic heterocycles. The summed E-state index contributed by atoms with van der Waals surface area (Å²) < 4.78 is 20.3. The average molecular weight is 357 g/mol. The van der Waals surface area contributed by atoms with Crippen LogP contribution >= 0.6 is 25.9 Å². The molecule has 0 bridgehead atoms. The van der Waals surface area contributed by atoms with Crippen LogP contribution < -0.4 is 0 Å². The van der Waals surface area contributed by atoms with Gasteiger partial charge in [0.25, 0.3) is 6.71 Å². The van der Waals surface area contributed by atoms with Crippen molar-refractivity contribution in [3.63, 3.8) is 0 Å². The first kappa shape index (κ1) is 18.0. The minimum absolute atomic E-state index is 0.0280. The molecule has 2 fully saturated rings. The fourth-order valence-electron chi connectivity index (χ4n) is 2.97. The molecule has 0 amide bonds. The molecule has 3 N–H and O–H groups in total. The zero-order valence-corrected chi connectivity index (χ0v) is 14.7. The van der Waals surface area contributed by atoms with Crippen molar-refractivity contribution in [1.29, 1.82) is 0 Å². The second-order valence-electron chi connectivity index (χ2n) is 5.84. The third kappa shape index (κ3) is 6.74. The van der Waals surface area contributed by atoms with Gasteiger partial charge in [-0.2, -0.15) is 0 Å². The zero-order chi connectivity index (χ0) is 15.3. The maximum atomic E-state index is 11.2. The first-order valence-electron chi connectivity index (χ1n) is 7.66. The van der Waals surface area contributed by atoms with Crippen molar-refractivity contribution in [2.75, 3.05) is 0 Å². The van der Waals surface area contributed by atoms with Crippen LogP contribution in [0.3, 0.4) is 0 Å². The normalized spacial score (nSPS) is 25.5.